The Morgan fingerprint density at radius 1 is 1.26 bits per heavy atom. The summed E-state index contributed by atoms with van der Waals surface area (Å²) in [7, 11) is 0. The largest absolute Gasteiger partial charge is 0.311 e. The van der Waals surface area contributed by atoms with E-state index in [4.69, 9.17) is 0 Å². The van der Waals surface area contributed by atoms with E-state index in [-0.39, 0.29) is 5.82 Å². The van der Waals surface area contributed by atoms with Crippen molar-refractivity contribution in [3.63, 3.8) is 0 Å². The fourth-order valence-electron chi connectivity index (χ4n) is 3.12. The van der Waals surface area contributed by atoms with Gasteiger partial charge in [0.1, 0.15) is 5.82 Å². The number of benzene rings is 1. The van der Waals surface area contributed by atoms with E-state index in [0.29, 0.717) is 12.1 Å². The minimum absolute atomic E-state index is 0.144. The smallest absolute Gasteiger partial charge is 0.123 e. The van der Waals surface area contributed by atoms with Crippen LogP contribution in [0.2, 0.25) is 0 Å². The number of nitrogens with one attached hydrogen (secondary N) is 1. The Kier molecular flexibility index (Phi) is 3.85. The van der Waals surface area contributed by atoms with E-state index in [2.05, 4.69) is 17.1 Å². The van der Waals surface area contributed by atoms with Gasteiger partial charge in [0, 0.05) is 31.7 Å². The van der Waals surface area contributed by atoms with Gasteiger partial charge in [-0.3, -0.25) is 4.90 Å². The molecule has 2 fully saturated rings. The van der Waals surface area contributed by atoms with Crippen LogP contribution in [0.5, 0.6) is 0 Å². The zero-order valence-corrected chi connectivity index (χ0v) is 11.6. The molecule has 1 N–H and O–H groups in total. The van der Waals surface area contributed by atoms with Gasteiger partial charge in [-0.05, 0) is 42.9 Å². The van der Waals surface area contributed by atoms with Crippen LogP contribution >= 0.6 is 0 Å². The van der Waals surface area contributed by atoms with Gasteiger partial charge in [-0.1, -0.05) is 19.1 Å². The van der Waals surface area contributed by atoms with Gasteiger partial charge in [0.05, 0.1) is 0 Å². The molecule has 0 bridgehead atoms. The first kappa shape index (κ1) is 13.1. The molecule has 1 saturated heterocycles. The summed E-state index contributed by atoms with van der Waals surface area (Å²) in [6, 6.07) is 8.26. The third-order valence-corrected chi connectivity index (χ3v) is 4.50. The zero-order chi connectivity index (χ0) is 13.2. The van der Waals surface area contributed by atoms with Crippen LogP contribution in [-0.2, 0) is 6.54 Å². The van der Waals surface area contributed by atoms with Crippen LogP contribution in [0.1, 0.15) is 31.7 Å². The highest BCUT2D eigenvalue weighted by atomic mass is 19.1. The van der Waals surface area contributed by atoms with Crippen LogP contribution in [0, 0.1) is 11.7 Å². The Labute approximate surface area is 115 Å². The molecule has 0 radical (unpaired) electrons. The molecule has 1 aromatic carbocycles. The molecule has 1 saturated carbocycles. The SMILES string of the molecule is CCC1CN(Cc2ccc(F)cc2)C(C2CC2)CN1. The minimum Gasteiger partial charge on any atom is -0.311 e. The van der Waals surface area contributed by atoms with Crippen molar-refractivity contribution >= 4 is 0 Å². The van der Waals surface area contributed by atoms with E-state index in [0.717, 1.165) is 25.6 Å². The standard InChI is InChI=1S/C16H23FN2/c1-2-15-11-19(16(9-18-15)13-5-6-13)10-12-3-7-14(17)8-4-12/h3-4,7-8,13,15-16,18H,2,5-6,9-11H2,1H3. The molecule has 0 aromatic heterocycles. The second-order valence-electron chi connectivity index (χ2n) is 5.97. The van der Waals surface area contributed by atoms with E-state index < -0.39 is 0 Å². The van der Waals surface area contributed by atoms with Crippen molar-refractivity contribution < 1.29 is 4.39 Å². The van der Waals surface area contributed by atoms with E-state index in [9.17, 15) is 4.39 Å². The molecule has 3 rings (SSSR count). The van der Waals surface area contributed by atoms with Gasteiger partial charge in [0.2, 0.25) is 0 Å². The number of piperazine rings is 1. The van der Waals surface area contributed by atoms with E-state index >= 15 is 0 Å². The quantitative estimate of drug-likeness (QED) is 0.897. The molecule has 2 unspecified atom stereocenters. The second kappa shape index (κ2) is 5.59. The highest BCUT2D eigenvalue weighted by Crippen LogP contribution is 2.36. The molecular weight excluding hydrogens is 239 g/mol. The normalized spacial score (nSPS) is 28.5. The number of hydrogen-bond donors (Lipinski definition) is 1. The molecule has 1 aliphatic carbocycles. The Hall–Kier alpha value is -0.930. The van der Waals surface area contributed by atoms with Crippen LogP contribution < -0.4 is 5.32 Å². The maximum Gasteiger partial charge on any atom is 0.123 e. The first-order valence-electron chi connectivity index (χ1n) is 7.48. The van der Waals surface area contributed by atoms with E-state index in [1.165, 1.54) is 24.8 Å². The van der Waals surface area contributed by atoms with Gasteiger partial charge < -0.3 is 5.32 Å². The monoisotopic (exact) mass is 262 g/mol. The van der Waals surface area contributed by atoms with Crippen LogP contribution in [0.4, 0.5) is 4.39 Å². The fraction of sp³-hybridized carbons (Fsp3) is 0.625. The number of rotatable bonds is 4. The maximum absolute atomic E-state index is 13.0. The number of halogens is 1. The molecule has 3 heteroatoms. The van der Waals surface area contributed by atoms with Gasteiger partial charge >= 0.3 is 0 Å². The van der Waals surface area contributed by atoms with Crippen molar-refractivity contribution in [1.82, 2.24) is 10.2 Å². The number of hydrogen-bond acceptors (Lipinski definition) is 2. The molecule has 1 aromatic rings. The van der Waals surface area contributed by atoms with Crippen molar-refractivity contribution in [2.45, 2.75) is 44.8 Å². The van der Waals surface area contributed by atoms with Crippen LogP contribution in [0.25, 0.3) is 0 Å². The lowest BCUT2D eigenvalue weighted by atomic mass is 10.0. The summed E-state index contributed by atoms with van der Waals surface area (Å²) in [4.78, 5) is 2.61. The van der Waals surface area contributed by atoms with Crippen molar-refractivity contribution in [3.8, 4) is 0 Å². The second-order valence-corrected chi connectivity index (χ2v) is 5.97. The van der Waals surface area contributed by atoms with Gasteiger partial charge in [-0.2, -0.15) is 0 Å². The highest BCUT2D eigenvalue weighted by molar-refractivity contribution is 5.16. The summed E-state index contributed by atoms with van der Waals surface area (Å²) >= 11 is 0. The summed E-state index contributed by atoms with van der Waals surface area (Å²) in [5.74, 6) is 0.736. The zero-order valence-electron chi connectivity index (χ0n) is 11.6. The van der Waals surface area contributed by atoms with Crippen molar-refractivity contribution in [2.75, 3.05) is 13.1 Å². The first-order chi connectivity index (χ1) is 9.26. The van der Waals surface area contributed by atoms with Crippen LogP contribution in [0.3, 0.4) is 0 Å². The fourth-order valence-corrected chi connectivity index (χ4v) is 3.12. The first-order valence-corrected chi connectivity index (χ1v) is 7.48. The molecule has 2 atom stereocenters. The van der Waals surface area contributed by atoms with Crippen molar-refractivity contribution in [1.29, 1.82) is 0 Å². The molecule has 1 aliphatic heterocycles. The third-order valence-electron chi connectivity index (χ3n) is 4.50. The topological polar surface area (TPSA) is 15.3 Å². The lowest BCUT2D eigenvalue weighted by molar-refractivity contribution is 0.106. The molecule has 1 heterocycles. The average Bonchev–Trinajstić information content (AvgIpc) is 3.26. The minimum atomic E-state index is -0.144. The van der Waals surface area contributed by atoms with Gasteiger partial charge in [-0.25, -0.2) is 4.39 Å². The third kappa shape index (κ3) is 3.15. The van der Waals surface area contributed by atoms with Gasteiger partial charge in [0.25, 0.3) is 0 Å². The molecule has 0 amide bonds. The van der Waals surface area contributed by atoms with Crippen LogP contribution in [0.15, 0.2) is 24.3 Å². The Bertz CT molecular complexity index is 413. The number of nitrogens with zero attached hydrogens (tertiary/aromatic N) is 1. The molecule has 19 heavy (non-hydrogen) atoms. The summed E-state index contributed by atoms with van der Waals surface area (Å²) in [6.45, 7) is 5.43. The van der Waals surface area contributed by atoms with Gasteiger partial charge in [0.15, 0.2) is 0 Å². The molecule has 2 nitrogen and oxygen atoms in total. The Balaban J connectivity index is 1.69. The summed E-state index contributed by atoms with van der Waals surface area (Å²) in [5.41, 5.74) is 1.23. The van der Waals surface area contributed by atoms with E-state index in [1.807, 2.05) is 12.1 Å². The Morgan fingerprint density at radius 2 is 2.00 bits per heavy atom. The van der Waals surface area contributed by atoms with E-state index in [1.54, 1.807) is 12.1 Å². The van der Waals surface area contributed by atoms with Gasteiger partial charge in [-0.15, -0.1) is 0 Å². The predicted molar refractivity (Wildman–Crippen MR) is 75.4 cm³/mol. The lowest BCUT2D eigenvalue weighted by Gasteiger charge is -2.40. The predicted octanol–water partition coefficient (Wildman–Crippen LogP) is 2.79. The molecule has 0 spiro atoms. The summed E-state index contributed by atoms with van der Waals surface area (Å²) < 4.78 is 13.0. The van der Waals surface area contributed by atoms with Crippen molar-refractivity contribution in [2.24, 2.45) is 5.92 Å². The highest BCUT2D eigenvalue weighted by Gasteiger charge is 2.38. The molecule has 104 valence electrons. The summed E-state index contributed by atoms with van der Waals surface area (Å²) in [6.07, 6.45) is 3.93. The Morgan fingerprint density at radius 3 is 2.63 bits per heavy atom. The lowest BCUT2D eigenvalue weighted by Crippen LogP contribution is -2.56. The van der Waals surface area contributed by atoms with Crippen LogP contribution in [-0.4, -0.2) is 30.1 Å². The average molecular weight is 262 g/mol. The summed E-state index contributed by atoms with van der Waals surface area (Å²) in [5, 5.41) is 3.66. The molecule has 2 aliphatic rings. The van der Waals surface area contributed by atoms with Crippen molar-refractivity contribution in [3.05, 3.63) is 35.6 Å². The maximum atomic E-state index is 13.0. The molecular formula is C16H23FN2.